The van der Waals surface area contributed by atoms with Crippen LogP contribution in [0.2, 0.25) is 0 Å². The molecule has 3 rings (SSSR count). The van der Waals surface area contributed by atoms with Crippen LogP contribution in [0.4, 0.5) is 13.2 Å². The monoisotopic (exact) mass is 308 g/mol. The van der Waals surface area contributed by atoms with Crippen molar-refractivity contribution < 1.29 is 17.9 Å². The number of nitrogens with zero attached hydrogens (tertiary/aromatic N) is 1. The molecule has 2 heterocycles. The largest absolute Gasteiger partial charge is 0.467 e. The molecule has 1 aliphatic heterocycles. The maximum Gasteiger partial charge on any atom is 0.253 e. The fourth-order valence-electron chi connectivity index (χ4n) is 2.65. The third kappa shape index (κ3) is 3.06. The number of aromatic nitrogens is 1. The highest BCUT2D eigenvalue weighted by Gasteiger charge is 2.29. The van der Waals surface area contributed by atoms with Crippen molar-refractivity contribution in [3.05, 3.63) is 59.5 Å². The second kappa shape index (κ2) is 6.36. The van der Waals surface area contributed by atoms with E-state index in [1.807, 2.05) is 30.3 Å². The van der Waals surface area contributed by atoms with Crippen molar-refractivity contribution in [1.29, 1.82) is 0 Å². The molecule has 0 spiro atoms. The predicted molar refractivity (Wildman–Crippen MR) is 74.9 cm³/mol. The number of pyridine rings is 1. The van der Waals surface area contributed by atoms with Gasteiger partial charge in [-0.1, -0.05) is 30.3 Å². The SMILES string of the molecule is Fc1cc(F)c(O[C@H](c2ccccc2)[C@@H]2CCNC2)nc1F. The second-order valence-corrected chi connectivity index (χ2v) is 5.25. The molecule has 116 valence electrons. The molecule has 1 aromatic carbocycles. The summed E-state index contributed by atoms with van der Waals surface area (Å²) in [5.41, 5.74) is 0.849. The Kier molecular flexibility index (Phi) is 4.29. The molecule has 3 nitrogen and oxygen atoms in total. The van der Waals surface area contributed by atoms with Crippen LogP contribution in [-0.2, 0) is 0 Å². The molecule has 0 saturated carbocycles. The highest BCUT2D eigenvalue weighted by Crippen LogP contribution is 2.32. The number of ether oxygens (including phenoxy) is 1. The van der Waals surface area contributed by atoms with Crippen LogP contribution in [0.15, 0.2) is 36.4 Å². The first-order chi connectivity index (χ1) is 10.6. The van der Waals surface area contributed by atoms with Crippen molar-refractivity contribution in [3.8, 4) is 5.88 Å². The predicted octanol–water partition coefficient (Wildman–Crippen LogP) is 3.23. The molecule has 0 bridgehead atoms. The van der Waals surface area contributed by atoms with Crippen LogP contribution in [0.1, 0.15) is 18.1 Å². The highest BCUT2D eigenvalue weighted by atomic mass is 19.2. The minimum Gasteiger partial charge on any atom is -0.467 e. The van der Waals surface area contributed by atoms with E-state index in [1.165, 1.54) is 0 Å². The average molecular weight is 308 g/mol. The van der Waals surface area contributed by atoms with Gasteiger partial charge in [0.25, 0.3) is 11.8 Å². The maximum atomic E-state index is 13.8. The summed E-state index contributed by atoms with van der Waals surface area (Å²) in [5, 5.41) is 3.22. The number of hydrogen-bond acceptors (Lipinski definition) is 3. The van der Waals surface area contributed by atoms with E-state index in [4.69, 9.17) is 4.74 Å². The Balaban J connectivity index is 1.92. The Morgan fingerprint density at radius 1 is 1.14 bits per heavy atom. The van der Waals surface area contributed by atoms with Crippen LogP contribution >= 0.6 is 0 Å². The zero-order valence-electron chi connectivity index (χ0n) is 11.7. The van der Waals surface area contributed by atoms with E-state index >= 15 is 0 Å². The third-order valence-electron chi connectivity index (χ3n) is 3.75. The Bertz CT molecular complexity index is 645. The molecule has 0 radical (unpaired) electrons. The van der Waals surface area contributed by atoms with Gasteiger partial charge in [0.15, 0.2) is 11.6 Å². The molecule has 6 heteroatoms. The maximum absolute atomic E-state index is 13.8. The molecule has 1 aromatic heterocycles. The lowest BCUT2D eigenvalue weighted by Crippen LogP contribution is -2.22. The smallest absolute Gasteiger partial charge is 0.253 e. The van der Waals surface area contributed by atoms with E-state index in [0.717, 1.165) is 18.5 Å². The van der Waals surface area contributed by atoms with Gasteiger partial charge >= 0.3 is 0 Å². The second-order valence-electron chi connectivity index (χ2n) is 5.25. The minimum absolute atomic E-state index is 0.108. The van der Waals surface area contributed by atoms with Gasteiger partial charge in [-0.2, -0.15) is 9.37 Å². The number of benzene rings is 1. The van der Waals surface area contributed by atoms with Gasteiger partial charge in [-0.05, 0) is 18.5 Å². The molecule has 0 aliphatic carbocycles. The molecule has 0 amide bonds. The summed E-state index contributed by atoms with van der Waals surface area (Å²) in [6, 6.07) is 9.74. The lowest BCUT2D eigenvalue weighted by atomic mass is 9.95. The van der Waals surface area contributed by atoms with Gasteiger partial charge in [-0.15, -0.1) is 0 Å². The Labute approximate surface area is 126 Å². The number of hydrogen-bond donors (Lipinski definition) is 1. The lowest BCUT2D eigenvalue weighted by Gasteiger charge is -2.24. The molecule has 1 saturated heterocycles. The zero-order chi connectivity index (χ0) is 15.5. The van der Waals surface area contributed by atoms with Crippen LogP contribution in [0.3, 0.4) is 0 Å². The average Bonchev–Trinajstić information content (AvgIpc) is 3.04. The quantitative estimate of drug-likeness (QED) is 0.881. The van der Waals surface area contributed by atoms with E-state index < -0.39 is 29.6 Å². The number of halogens is 3. The zero-order valence-corrected chi connectivity index (χ0v) is 11.7. The van der Waals surface area contributed by atoms with Gasteiger partial charge in [-0.3, -0.25) is 0 Å². The Hall–Kier alpha value is -2.08. The van der Waals surface area contributed by atoms with Crippen LogP contribution in [0.25, 0.3) is 0 Å². The standard InChI is InChI=1S/C16H15F3N2O/c17-12-8-13(18)16(21-15(12)19)22-14(11-6-7-20-9-11)10-4-2-1-3-5-10/h1-5,8,11,14,20H,6-7,9H2/t11-,14-/m1/s1. The molecular weight excluding hydrogens is 293 g/mol. The van der Waals surface area contributed by atoms with Gasteiger partial charge in [0.2, 0.25) is 0 Å². The summed E-state index contributed by atoms with van der Waals surface area (Å²) in [7, 11) is 0. The van der Waals surface area contributed by atoms with Crippen LogP contribution < -0.4 is 10.1 Å². The summed E-state index contributed by atoms with van der Waals surface area (Å²) < 4.78 is 45.6. The minimum atomic E-state index is -1.37. The Morgan fingerprint density at radius 3 is 2.59 bits per heavy atom. The fraction of sp³-hybridized carbons (Fsp3) is 0.312. The van der Waals surface area contributed by atoms with Gasteiger partial charge in [0.1, 0.15) is 6.10 Å². The number of rotatable bonds is 4. The summed E-state index contributed by atoms with van der Waals surface area (Å²) in [6.07, 6.45) is 0.383. The first-order valence-electron chi connectivity index (χ1n) is 7.09. The van der Waals surface area contributed by atoms with Crippen molar-refractivity contribution in [1.82, 2.24) is 10.3 Å². The molecule has 2 aromatic rings. The summed E-state index contributed by atoms with van der Waals surface area (Å²) >= 11 is 0. The van der Waals surface area contributed by atoms with E-state index in [-0.39, 0.29) is 5.92 Å². The molecule has 1 aliphatic rings. The third-order valence-corrected chi connectivity index (χ3v) is 3.75. The molecule has 22 heavy (non-hydrogen) atoms. The highest BCUT2D eigenvalue weighted by molar-refractivity contribution is 5.22. The van der Waals surface area contributed by atoms with E-state index in [9.17, 15) is 13.2 Å². The Morgan fingerprint density at radius 2 is 1.91 bits per heavy atom. The van der Waals surface area contributed by atoms with Crippen LogP contribution in [-0.4, -0.2) is 18.1 Å². The van der Waals surface area contributed by atoms with Crippen molar-refractivity contribution in [3.63, 3.8) is 0 Å². The molecule has 2 atom stereocenters. The number of nitrogens with one attached hydrogen (secondary N) is 1. The van der Waals surface area contributed by atoms with Gasteiger partial charge in [0, 0.05) is 18.5 Å². The fourth-order valence-corrected chi connectivity index (χ4v) is 2.65. The van der Waals surface area contributed by atoms with E-state index in [2.05, 4.69) is 10.3 Å². The molecule has 0 unspecified atom stereocenters. The summed E-state index contributed by atoms with van der Waals surface area (Å²) in [5.74, 6) is -4.11. The van der Waals surface area contributed by atoms with Gasteiger partial charge < -0.3 is 10.1 Å². The van der Waals surface area contributed by atoms with Gasteiger partial charge in [0.05, 0.1) is 0 Å². The molecular formula is C16H15F3N2O. The van der Waals surface area contributed by atoms with E-state index in [1.54, 1.807) is 0 Å². The topological polar surface area (TPSA) is 34.1 Å². The van der Waals surface area contributed by atoms with Crippen LogP contribution in [0.5, 0.6) is 5.88 Å². The first-order valence-corrected chi connectivity index (χ1v) is 7.09. The summed E-state index contributed by atoms with van der Waals surface area (Å²) in [4.78, 5) is 3.25. The van der Waals surface area contributed by atoms with E-state index in [0.29, 0.717) is 12.6 Å². The van der Waals surface area contributed by atoms with Crippen molar-refractivity contribution in [2.24, 2.45) is 5.92 Å². The van der Waals surface area contributed by atoms with Crippen molar-refractivity contribution in [2.75, 3.05) is 13.1 Å². The van der Waals surface area contributed by atoms with Crippen molar-refractivity contribution in [2.45, 2.75) is 12.5 Å². The van der Waals surface area contributed by atoms with Gasteiger partial charge in [-0.25, -0.2) is 8.78 Å². The molecule has 1 N–H and O–H groups in total. The molecule has 1 fully saturated rings. The first kappa shape index (κ1) is 14.8. The normalized spacial score (nSPS) is 19.1. The van der Waals surface area contributed by atoms with Crippen molar-refractivity contribution >= 4 is 0 Å². The lowest BCUT2D eigenvalue weighted by molar-refractivity contribution is 0.129. The summed E-state index contributed by atoms with van der Waals surface area (Å²) in [6.45, 7) is 1.55. The van der Waals surface area contributed by atoms with Crippen LogP contribution in [0, 0.1) is 23.5 Å².